The third-order valence-corrected chi connectivity index (χ3v) is 6.56. The lowest BCUT2D eigenvalue weighted by atomic mass is 10.2. The Hall–Kier alpha value is -3.37. The van der Waals surface area contributed by atoms with Gasteiger partial charge in [0.25, 0.3) is 5.56 Å². The second-order valence-corrected chi connectivity index (χ2v) is 8.58. The lowest BCUT2D eigenvalue weighted by Crippen LogP contribution is -2.43. The number of amides is 1. The van der Waals surface area contributed by atoms with Gasteiger partial charge in [0, 0.05) is 18.2 Å². The molecule has 0 radical (unpaired) electrons. The zero-order valence-corrected chi connectivity index (χ0v) is 17.7. The molecular formula is C22H19FN4O4S. The van der Waals surface area contributed by atoms with Crippen molar-refractivity contribution in [3.8, 4) is 0 Å². The van der Waals surface area contributed by atoms with E-state index in [1.807, 2.05) is 0 Å². The largest absolute Gasteiger partial charge is 0.376 e. The minimum absolute atomic E-state index is 0.0197. The Morgan fingerprint density at radius 3 is 2.84 bits per heavy atom. The van der Waals surface area contributed by atoms with E-state index in [1.165, 1.54) is 34.1 Å². The molecule has 164 valence electrons. The number of carbonyl (C=O) groups is 1. The van der Waals surface area contributed by atoms with Crippen LogP contribution < -0.4 is 16.6 Å². The quantitative estimate of drug-likeness (QED) is 0.500. The van der Waals surface area contributed by atoms with Crippen molar-refractivity contribution in [3.05, 3.63) is 69.3 Å². The summed E-state index contributed by atoms with van der Waals surface area (Å²) in [5.41, 5.74) is -0.647. The second kappa shape index (κ2) is 8.29. The maximum absolute atomic E-state index is 14.0. The first kappa shape index (κ1) is 20.5. The molecule has 3 aromatic heterocycles. The van der Waals surface area contributed by atoms with Gasteiger partial charge in [-0.25, -0.2) is 14.2 Å². The van der Waals surface area contributed by atoms with Crippen molar-refractivity contribution in [2.75, 3.05) is 11.9 Å². The first-order valence-corrected chi connectivity index (χ1v) is 11.0. The highest BCUT2D eigenvalue weighted by atomic mass is 32.1. The molecule has 0 bridgehead atoms. The fraction of sp³-hybridized carbons (Fsp3) is 0.273. The Balaban J connectivity index is 1.63. The maximum Gasteiger partial charge on any atom is 0.332 e. The highest BCUT2D eigenvalue weighted by molar-refractivity contribution is 7.25. The Morgan fingerprint density at radius 1 is 1.22 bits per heavy atom. The van der Waals surface area contributed by atoms with Crippen LogP contribution in [0.2, 0.25) is 0 Å². The Morgan fingerprint density at radius 2 is 2.06 bits per heavy atom. The van der Waals surface area contributed by atoms with Crippen LogP contribution in [0.25, 0.3) is 20.4 Å². The summed E-state index contributed by atoms with van der Waals surface area (Å²) in [6, 6.07) is 9.26. The summed E-state index contributed by atoms with van der Waals surface area (Å²) in [7, 11) is 0. The molecule has 4 heterocycles. The van der Waals surface area contributed by atoms with Crippen LogP contribution in [-0.2, 0) is 22.6 Å². The summed E-state index contributed by atoms with van der Waals surface area (Å²) >= 11 is 1.18. The number of thiophene rings is 1. The van der Waals surface area contributed by atoms with Crippen LogP contribution in [0.1, 0.15) is 12.8 Å². The van der Waals surface area contributed by atoms with E-state index in [0.29, 0.717) is 27.0 Å². The van der Waals surface area contributed by atoms with Gasteiger partial charge in [-0.3, -0.25) is 18.7 Å². The standard InChI is InChI=1S/C22H19FN4O4S/c23-15-7-1-2-8-16(15)25-17(28)12-26-18-14-6-3-9-24-20(14)32-19(18)21(29)27(22(26)30)11-13-5-4-10-31-13/h1-3,6-9,13H,4-5,10-12H2,(H,25,28)/t13-/m0/s1. The van der Waals surface area contributed by atoms with Crippen LogP contribution in [0.4, 0.5) is 10.1 Å². The molecule has 10 heteroatoms. The van der Waals surface area contributed by atoms with Crippen molar-refractivity contribution in [3.63, 3.8) is 0 Å². The molecule has 8 nitrogen and oxygen atoms in total. The second-order valence-electron chi connectivity index (χ2n) is 7.58. The number of nitrogens with one attached hydrogen (secondary N) is 1. The third-order valence-electron chi connectivity index (χ3n) is 5.47. The number of benzene rings is 1. The molecule has 4 aromatic rings. The molecular weight excluding hydrogens is 435 g/mol. The monoisotopic (exact) mass is 454 g/mol. The van der Waals surface area contributed by atoms with Gasteiger partial charge in [-0.1, -0.05) is 12.1 Å². The Bertz CT molecular complexity index is 1450. The Kier molecular flexibility index (Phi) is 5.32. The Labute approximate surface area is 184 Å². The summed E-state index contributed by atoms with van der Waals surface area (Å²) in [5, 5.41) is 3.12. The molecule has 0 unspecified atom stereocenters. The van der Waals surface area contributed by atoms with Crippen molar-refractivity contribution in [2.24, 2.45) is 0 Å². The topological polar surface area (TPSA) is 95.2 Å². The van der Waals surface area contributed by atoms with E-state index in [9.17, 15) is 18.8 Å². The van der Waals surface area contributed by atoms with Crippen molar-refractivity contribution < 1.29 is 13.9 Å². The third kappa shape index (κ3) is 3.61. The van der Waals surface area contributed by atoms with Gasteiger partial charge in [0.15, 0.2) is 0 Å². The van der Waals surface area contributed by atoms with Crippen LogP contribution in [0.5, 0.6) is 0 Å². The van der Waals surface area contributed by atoms with Gasteiger partial charge in [0.1, 0.15) is 21.9 Å². The van der Waals surface area contributed by atoms with Crippen molar-refractivity contribution in [1.82, 2.24) is 14.1 Å². The number of nitrogens with zero attached hydrogens (tertiary/aromatic N) is 3. The van der Waals surface area contributed by atoms with Crippen LogP contribution in [0.15, 0.2) is 52.2 Å². The van der Waals surface area contributed by atoms with Crippen LogP contribution in [-0.4, -0.2) is 32.7 Å². The number of hydrogen-bond acceptors (Lipinski definition) is 6. The number of carbonyl (C=O) groups excluding carboxylic acids is 1. The van der Waals surface area contributed by atoms with Crippen molar-refractivity contribution >= 4 is 43.4 Å². The average molecular weight is 454 g/mol. The normalized spacial score (nSPS) is 16.1. The summed E-state index contributed by atoms with van der Waals surface area (Å²) in [6.45, 7) is 0.327. The van der Waals surface area contributed by atoms with Gasteiger partial charge in [-0.15, -0.1) is 11.3 Å². The number of hydrogen-bond donors (Lipinski definition) is 1. The molecule has 1 atom stereocenters. The summed E-state index contributed by atoms with van der Waals surface area (Å²) in [6.07, 6.45) is 3.00. The van der Waals surface area contributed by atoms with E-state index in [0.717, 1.165) is 17.4 Å². The van der Waals surface area contributed by atoms with E-state index in [2.05, 4.69) is 10.3 Å². The molecule has 32 heavy (non-hydrogen) atoms. The first-order chi connectivity index (χ1) is 15.5. The number of ether oxygens (including phenoxy) is 1. The number of rotatable bonds is 5. The minimum atomic E-state index is -0.606. The molecule has 1 amide bonds. The van der Waals surface area contributed by atoms with Gasteiger partial charge in [-0.2, -0.15) is 0 Å². The predicted molar refractivity (Wildman–Crippen MR) is 120 cm³/mol. The number of para-hydroxylation sites is 1. The molecule has 0 aliphatic carbocycles. The average Bonchev–Trinajstić information content (AvgIpc) is 3.44. The fourth-order valence-electron chi connectivity index (χ4n) is 3.98. The fourth-order valence-corrected chi connectivity index (χ4v) is 5.07. The van der Waals surface area contributed by atoms with Crippen molar-refractivity contribution in [2.45, 2.75) is 32.0 Å². The van der Waals surface area contributed by atoms with Crippen LogP contribution >= 0.6 is 11.3 Å². The molecule has 1 fully saturated rings. The summed E-state index contributed by atoms with van der Waals surface area (Å²) in [5.74, 6) is -1.16. The smallest absolute Gasteiger partial charge is 0.332 e. The van der Waals surface area contributed by atoms with E-state index >= 15 is 0 Å². The number of halogens is 1. The molecule has 1 N–H and O–H groups in total. The van der Waals surface area contributed by atoms with Gasteiger partial charge in [0.2, 0.25) is 5.91 Å². The summed E-state index contributed by atoms with van der Waals surface area (Å²) in [4.78, 5) is 44.3. The molecule has 0 saturated carbocycles. The number of aromatic nitrogens is 3. The van der Waals surface area contributed by atoms with Crippen LogP contribution in [0, 0.1) is 5.82 Å². The molecule has 5 rings (SSSR count). The highest BCUT2D eigenvalue weighted by Gasteiger charge is 2.24. The maximum atomic E-state index is 14.0. The minimum Gasteiger partial charge on any atom is -0.376 e. The summed E-state index contributed by atoms with van der Waals surface area (Å²) < 4.78 is 22.3. The molecule has 1 aliphatic heterocycles. The molecule has 0 spiro atoms. The SMILES string of the molecule is O=C(Cn1c(=O)n(C[C@@H]2CCCO2)c(=O)c2sc3ncccc3c21)Nc1ccccc1F. The molecule has 1 saturated heterocycles. The van der Waals surface area contributed by atoms with E-state index < -0.39 is 23.0 Å². The van der Waals surface area contributed by atoms with E-state index in [4.69, 9.17) is 4.74 Å². The van der Waals surface area contributed by atoms with Gasteiger partial charge in [0.05, 0.1) is 23.9 Å². The molecule has 1 aliphatic rings. The molecule has 1 aromatic carbocycles. The van der Waals surface area contributed by atoms with E-state index in [-0.39, 0.29) is 24.9 Å². The lowest BCUT2D eigenvalue weighted by molar-refractivity contribution is -0.116. The van der Waals surface area contributed by atoms with Gasteiger partial charge in [-0.05, 0) is 37.1 Å². The van der Waals surface area contributed by atoms with Gasteiger partial charge >= 0.3 is 5.69 Å². The number of anilines is 1. The number of fused-ring (bicyclic) bond motifs is 3. The lowest BCUT2D eigenvalue weighted by Gasteiger charge is -2.15. The first-order valence-electron chi connectivity index (χ1n) is 10.2. The predicted octanol–water partition coefficient (Wildman–Crippen LogP) is 2.73. The van der Waals surface area contributed by atoms with Crippen LogP contribution in [0.3, 0.4) is 0 Å². The van der Waals surface area contributed by atoms with Gasteiger partial charge < -0.3 is 10.1 Å². The zero-order chi connectivity index (χ0) is 22.2. The zero-order valence-electron chi connectivity index (χ0n) is 16.9. The van der Waals surface area contributed by atoms with E-state index in [1.54, 1.807) is 24.4 Å². The van der Waals surface area contributed by atoms with Crippen molar-refractivity contribution in [1.29, 1.82) is 0 Å². The number of pyridine rings is 1. The highest BCUT2D eigenvalue weighted by Crippen LogP contribution is 2.29.